The van der Waals surface area contributed by atoms with Gasteiger partial charge in [-0.1, -0.05) is 0 Å². The zero-order valence-corrected chi connectivity index (χ0v) is 11.1. The van der Waals surface area contributed by atoms with Crippen LogP contribution in [0.3, 0.4) is 0 Å². The molecule has 0 aromatic carbocycles. The summed E-state index contributed by atoms with van der Waals surface area (Å²) >= 11 is 0. The molecule has 18 heavy (non-hydrogen) atoms. The molecule has 0 aliphatic heterocycles. The molecule has 0 bridgehead atoms. The van der Waals surface area contributed by atoms with Crippen molar-refractivity contribution in [3.05, 3.63) is 18.0 Å². The van der Waals surface area contributed by atoms with E-state index >= 15 is 0 Å². The van der Waals surface area contributed by atoms with Gasteiger partial charge >= 0.3 is 0 Å². The summed E-state index contributed by atoms with van der Waals surface area (Å²) in [5.74, 6) is 0.151. The van der Waals surface area contributed by atoms with Gasteiger partial charge in [0.15, 0.2) is 0 Å². The van der Waals surface area contributed by atoms with Crippen LogP contribution in [-0.2, 0) is 11.3 Å². The van der Waals surface area contributed by atoms with Crippen molar-refractivity contribution < 1.29 is 4.79 Å². The molecule has 0 atom stereocenters. The van der Waals surface area contributed by atoms with Crippen LogP contribution in [0, 0.1) is 0 Å². The van der Waals surface area contributed by atoms with Crippen molar-refractivity contribution in [3.8, 4) is 0 Å². The molecule has 100 valence electrons. The second-order valence-corrected chi connectivity index (χ2v) is 5.15. The SMILES string of the molecule is CC(C)n1ccc(CNCCC(=O)NC2CC2)n1. The number of nitrogens with zero attached hydrogens (tertiary/aromatic N) is 2. The molecule has 0 unspecified atom stereocenters. The minimum Gasteiger partial charge on any atom is -0.353 e. The summed E-state index contributed by atoms with van der Waals surface area (Å²) in [6.07, 6.45) is 4.82. The van der Waals surface area contributed by atoms with Gasteiger partial charge in [0.25, 0.3) is 0 Å². The minimum atomic E-state index is 0.151. The summed E-state index contributed by atoms with van der Waals surface area (Å²) < 4.78 is 1.94. The third-order valence-corrected chi connectivity index (χ3v) is 2.97. The third kappa shape index (κ3) is 4.14. The lowest BCUT2D eigenvalue weighted by atomic mass is 10.3. The van der Waals surface area contributed by atoms with E-state index in [9.17, 15) is 4.79 Å². The molecule has 2 rings (SSSR count). The molecule has 1 heterocycles. The Morgan fingerprint density at radius 3 is 2.94 bits per heavy atom. The first-order chi connectivity index (χ1) is 8.65. The molecular weight excluding hydrogens is 228 g/mol. The number of carbonyl (C=O) groups is 1. The maximum atomic E-state index is 11.4. The quantitative estimate of drug-likeness (QED) is 0.715. The van der Waals surface area contributed by atoms with Crippen molar-refractivity contribution in [1.82, 2.24) is 20.4 Å². The fraction of sp³-hybridized carbons (Fsp3) is 0.692. The molecular formula is C13H22N4O. The van der Waals surface area contributed by atoms with Crippen LogP contribution >= 0.6 is 0 Å². The topological polar surface area (TPSA) is 59.0 Å². The van der Waals surface area contributed by atoms with E-state index in [1.165, 1.54) is 0 Å². The summed E-state index contributed by atoms with van der Waals surface area (Å²) in [4.78, 5) is 11.4. The van der Waals surface area contributed by atoms with Crippen LogP contribution in [0.2, 0.25) is 0 Å². The highest BCUT2D eigenvalue weighted by molar-refractivity contribution is 5.76. The Kier molecular flexibility index (Phi) is 4.36. The molecule has 1 aromatic rings. The molecule has 0 radical (unpaired) electrons. The van der Waals surface area contributed by atoms with Crippen LogP contribution in [-0.4, -0.2) is 28.3 Å². The number of nitrogens with one attached hydrogen (secondary N) is 2. The highest BCUT2D eigenvalue weighted by Gasteiger charge is 2.22. The van der Waals surface area contributed by atoms with Crippen molar-refractivity contribution in [3.63, 3.8) is 0 Å². The second kappa shape index (κ2) is 6.00. The number of hydrogen-bond donors (Lipinski definition) is 2. The Bertz CT molecular complexity index is 395. The van der Waals surface area contributed by atoms with Crippen molar-refractivity contribution in [2.45, 2.75) is 51.7 Å². The Labute approximate surface area is 108 Å². The zero-order chi connectivity index (χ0) is 13.0. The van der Waals surface area contributed by atoms with Gasteiger partial charge in [0.2, 0.25) is 5.91 Å². The summed E-state index contributed by atoms with van der Waals surface area (Å²) in [5.41, 5.74) is 1.02. The van der Waals surface area contributed by atoms with Gasteiger partial charge in [0, 0.05) is 37.8 Å². The molecule has 5 heteroatoms. The monoisotopic (exact) mass is 250 g/mol. The molecule has 2 N–H and O–H groups in total. The average Bonchev–Trinajstić information content (AvgIpc) is 2.99. The number of aromatic nitrogens is 2. The van der Waals surface area contributed by atoms with Crippen LogP contribution in [0.25, 0.3) is 0 Å². The van der Waals surface area contributed by atoms with Gasteiger partial charge in [0.1, 0.15) is 0 Å². The smallest absolute Gasteiger partial charge is 0.221 e. The van der Waals surface area contributed by atoms with E-state index in [1.54, 1.807) is 0 Å². The molecule has 1 aliphatic carbocycles. The van der Waals surface area contributed by atoms with Crippen LogP contribution in [0.5, 0.6) is 0 Å². The predicted molar refractivity (Wildman–Crippen MR) is 70.1 cm³/mol. The van der Waals surface area contributed by atoms with Crippen molar-refractivity contribution in [2.24, 2.45) is 0 Å². The first kappa shape index (κ1) is 13.1. The summed E-state index contributed by atoms with van der Waals surface area (Å²) in [6.45, 7) is 5.63. The van der Waals surface area contributed by atoms with E-state index in [1.807, 2.05) is 16.9 Å². The standard InChI is InChI=1S/C13H22N4O/c1-10(2)17-8-6-12(16-17)9-14-7-5-13(18)15-11-3-4-11/h6,8,10-11,14H,3-5,7,9H2,1-2H3,(H,15,18). The van der Waals surface area contributed by atoms with Crippen molar-refractivity contribution in [1.29, 1.82) is 0 Å². The first-order valence-corrected chi connectivity index (χ1v) is 6.69. The number of rotatable bonds is 7. The number of amides is 1. The van der Waals surface area contributed by atoms with Crippen LogP contribution in [0.1, 0.15) is 44.8 Å². The third-order valence-electron chi connectivity index (χ3n) is 2.97. The average molecular weight is 250 g/mol. The largest absolute Gasteiger partial charge is 0.353 e. The highest BCUT2D eigenvalue weighted by Crippen LogP contribution is 2.18. The lowest BCUT2D eigenvalue weighted by Gasteiger charge is -2.05. The van der Waals surface area contributed by atoms with E-state index in [4.69, 9.17) is 0 Å². The minimum absolute atomic E-state index is 0.151. The highest BCUT2D eigenvalue weighted by atomic mass is 16.1. The van der Waals surface area contributed by atoms with Crippen LogP contribution < -0.4 is 10.6 Å². The van der Waals surface area contributed by atoms with Crippen molar-refractivity contribution >= 4 is 5.91 Å². The predicted octanol–water partition coefficient (Wildman–Crippen LogP) is 1.22. The molecule has 0 saturated heterocycles. The normalized spacial score (nSPS) is 15.1. The summed E-state index contributed by atoms with van der Waals surface area (Å²) in [5, 5.41) is 10.7. The molecule has 1 aliphatic rings. The number of hydrogen-bond acceptors (Lipinski definition) is 3. The van der Waals surface area contributed by atoms with E-state index in [0.29, 0.717) is 25.0 Å². The maximum Gasteiger partial charge on any atom is 0.221 e. The van der Waals surface area contributed by atoms with E-state index in [0.717, 1.165) is 25.1 Å². The van der Waals surface area contributed by atoms with Gasteiger partial charge in [0.05, 0.1) is 5.69 Å². The van der Waals surface area contributed by atoms with Gasteiger partial charge in [-0.2, -0.15) is 5.10 Å². The van der Waals surface area contributed by atoms with E-state index in [2.05, 4.69) is 29.6 Å². The Balaban J connectivity index is 1.60. The fourth-order valence-corrected chi connectivity index (χ4v) is 1.71. The Morgan fingerprint density at radius 2 is 2.33 bits per heavy atom. The lowest BCUT2D eigenvalue weighted by molar-refractivity contribution is -0.121. The number of carbonyl (C=O) groups excluding carboxylic acids is 1. The van der Waals surface area contributed by atoms with Crippen molar-refractivity contribution in [2.75, 3.05) is 6.54 Å². The van der Waals surface area contributed by atoms with E-state index < -0.39 is 0 Å². The van der Waals surface area contributed by atoms with Gasteiger partial charge in [-0.3, -0.25) is 9.48 Å². The molecule has 0 spiro atoms. The maximum absolute atomic E-state index is 11.4. The van der Waals surface area contributed by atoms with Crippen LogP contribution in [0.4, 0.5) is 0 Å². The molecule has 5 nitrogen and oxygen atoms in total. The second-order valence-electron chi connectivity index (χ2n) is 5.15. The van der Waals surface area contributed by atoms with Gasteiger partial charge < -0.3 is 10.6 Å². The molecule has 1 amide bonds. The lowest BCUT2D eigenvalue weighted by Crippen LogP contribution is -2.29. The van der Waals surface area contributed by atoms with E-state index in [-0.39, 0.29) is 5.91 Å². The Morgan fingerprint density at radius 1 is 1.56 bits per heavy atom. The van der Waals surface area contributed by atoms with Gasteiger partial charge in [-0.25, -0.2) is 0 Å². The first-order valence-electron chi connectivity index (χ1n) is 6.69. The zero-order valence-electron chi connectivity index (χ0n) is 11.1. The molecule has 1 aromatic heterocycles. The van der Waals surface area contributed by atoms with Gasteiger partial charge in [-0.05, 0) is 32.8 Å². The molecule has 1 saturated carbocycles. The Hall–Kier alpha value is -1.36. The molecule has 1 fully saturated rings. The summed E-state index contributed by atoms with van der Waals surface area (Å²) in [7, 11) is 0. The summed E-state index contributed by atoms with van der Waals surface area (Å²) in [6, 6.07) is 2.86. The van der Waals surface area contributed by atoms with Crippen LogP contribution in [0.15, 0.2) is 12.3 Å². The van der Waals surface area contributed by atoms with Gasteiger partial charge in [-0.15, -0.1) is 0 Å². The fourth-order valence-electron chi connectivity index (χ4n) is 1.71.